The number of rotatable bonds is 7. The van der Waals surface area contributed by atoms with Crippen molar-refractivity contribution in [2.24, 2.45) is 5.92 Å². The molecule has 86 valence electrons. The predicted octanol–water partition coefficient (Wildman–Crippen LogP) is 0.670. The van der Waals surface area contributed by atoms with Gasteiger partial charge in [-0.3, -0.25) is 14.5 Å². The number of hydrogen-bond donors (Lipinski definition) is 2. The van der Waals surface area contributed by atoms with Gasteiger partial charge in [-0.1, -0.05) is 19.1 Å². The van der Waals surface area contributed by atoms with Crippen molar-refractivity contribution in [3.05, 3.63) is 12.2 Å². The van der Waals surface area contributed by atoms with E-state index in [9.17, 15) is 9.59 Å². The molecule has 0 spiro atoms. The van der Waals surface area contributed by atoms with E-state index in [0.29, 0.717) is 6.54 Å². The molecule has 0 aliphatic heterocycles. The number of nitrogens with zero attached hydrogens (tertiary/aromatic N) is 1. The lowest BCUT2D eigenvalue weighted by atomic mass is 10.1. The number of carbonyl (C=O) groups is 2. The third-order valence-electron chi connectivity index (χ3n) is 1.81. The van der Waals surface area contributed by atoms with Gasteiger partial charge >= 0.3 is 11.9 Å². The lowest BCUT2D eigenvalue weighted by Crippen LogP contribution is -2.36. The SMILES string of the molecule is C=C(C)CN(CC(=O)O)CC(C)C(=O)O. The summed E-state index contributed by atoms with van der Waals surface area (Å²) in [6.45, 7) is 7.46. The van der Waals surface area contributed by atoms with Crippen LogP contribution in [0.1, 0.15) is 13.8 Å². The highest BCUT2D eigenvalue weighted by molar-refractivity contribution is 5.71. The molecule has 0 saturated heterocycles. The van der Waals surface area contributed by atoms with Crippen molar-refractivity contribution in [2.45, 2.75) is 13.8 Å². The average molecular weight is 215 g/mol. The summed E-state index contributed by atoms with van der Waals surface area (Å²) in [6, 6.07) is 0. The number of hydrogen-bond acceptors (Lipinski definition) is 3. The number of carboxylic acid groups (broad SMARTS) is 2. The summed E-state index contributed by atoms with van der Waals surface area (Å²) in [6.07, 6.45) is 0. The highest BCUT2D eigenvalue weighted by atomic mass is 16.4. The minimum Gasteiger partial charge on any atom is -0.481 e. The van der Waals surface area contributed by atoms with Gasteiger partial charge in [-0.2, -0.15) is 0 Å². The highest BCUT2D eigenvalue weighted by Gasteiger charge is 2.17. The summed E-state index contributed by atoms with van der Waals surface area (Å²) in [5.74, 6) is -2.47. The molecule has 0 radical (unpaired) electrons. The molecule has 0 aromatic carbocycles. The standard InChI is InChI=1S/C10H17NO4/c1-7(2)4-11(6-9(12)13)5-8(3)10(14)15/h8H,1,4-6H2,2-3H3,(H,12,13)(H,14,15). The summed E-state index contributed by atoms with van der Waals surface area (Å²) < 4.78 is 0. The molecular formula is C10H17NO4. The molecule has 0 saturated carbocycles. The van der Waals surface area contributed by atoms with E-state index in [0.717, 1.165) is 5.57 Å². The lowest BCUT2D eigenvalue weighted by Gasteiger charge is -2.22. The third kappa shape index (κ3) is 6.68. The van der Waals surface area contributed by atoms with Crippen LogP contribution in [0.3, 0.4) is 0 Å². The molecule has 0 aliphatic carbocycles. The fourth-order valence-corrected chi connectivity index (χ4v) is 1.22. The quantitative estimate of drug-likeness (QED) is 0.610. The van der Waals surface area contributed by atoms with Crippen LogP contribution in [0.4, 0.5) is 0 Å². The Morgan fingerprint density at radius 3 is 2.20 bits per heavy atom. The van der Waals surface area contributed by atoms with Crippen LogP contribution in [-0.4, -0.2) is 46.7 Å². The molecule has 0 rings (SSSR count). The zero-order valence-electron chi connectivity index (χ0n) is 9.06. The molecule has 0 aliphatic rings. The number of aliphatic carboxylic acids is 2. The Labute approximate surface area is 89.0 Å². The van der Waals surface area contributed by atoms with E-state index in [-0.39, 0.29) is 13.1 Å². The molecule has 5 heteroatoms. The van der Waals surface area contributed by atoms with Crippen LogP contribution in [0.5, 0.6) is 0 Å². The van der Waals surface area contributed by atoms with E-state index in [2.05, 4.69) is 6.58 Å². The largest absolute Gasteiger partial charge is 0.481 e. The second kappa shape index (κ2) is 6.19. The second-order valence-electron chi connectivity index (χ2n) is 3.76. The Morgan fingerprint density at radius 1 is 1.33 bits per heavy atom. The zero-order chi connectivity index (χ0) is 12.0. The van der Waals surface area contributed by atoms with E-state index < -0.39 is 17.9 Å². The van der Waals surface area contributed by atoms with Gasteiger partial charge in [-0.15, -0.1) is 0 Å². The monoisotopic (exact) mass is 215 g/mol. The van der Waals surface area contributed by atoms with Gasteiger partial charge < -0.3 is 10.2 Å². The predicted molar refractivity (Wildman–Crippen MR) is 55.7 cm³/mol. The van der Waals surface area contributed by atoms with Crippen molar-refractivity contribution in [1.29, 1.82) is 0 Å². The summed E-state index contributed by atoms with van der Waals surface area (Å²) in [5.41, 5.74) is 0.814. The molecule has 1 atom stereocenters. The lowest BCUT2D eigenvalue weighted by molar-refractivity contribution is -0.144. The van der Waals surface area contributed by atoms with Gasteiger partial charge in [0.25, 0.3) is 0 Å². The molecule has 0 heterocycles. The van der Waals surface area contributed by atoms with Crippen molar-refractivity contribution in [3.8, 4) is 0 Å². The Hall–Kier alpha value is -1.36. The molecule has 2 N–H and O–H groups in total. The fourth-order valence-electron chi connectivity index (χ4n) is 1.22. The first-order valence-corrected chi connectivity index (χ1v) is 4.64. The first-order valence-electron chi connectivity index (χ1n) is 4.64. The number of carboxylic acids is 2. The Bertz CT molecular complexity index is 246. The maximum Gasteiger partial charge on any atom is 0.317 e. The third-order valence-corrected chi connectivity index (χ3v) is 1.81. The Kier molecular flexibility index (Phi) is 5.62. The van der Waals surface area contributed by atoms with Gasteiger partial charge in [0.15, 0.2) is 0 Å². The van der Waals surface area contributed by atoms with Crippen LogP contribution in [-0.2, 0) is 9.59 Å². The average Bonchev–Trinajstić information content (AvgIpc) is 2.00. The van der Waals surface area contributed by atoms with Crippen molar-refractivity contribution in [1.82, 2.24) is 4.90 Å². The highest BCUT2D eigenvalue weighted by Crippen LogP contribution is 2.03. The maximum atomic E-state index is 10.6. The van der Waals surface area contributed by atoms with Crippen molar-refractivity contribution >= 4 is 11.9 Å². The van der Waals surface area contributed by atoms with Crippen molar-refractivity contribution in [2.75, 3.05) is 19.6 Å². The molecule has 0 amide bonds. The molecule has 15 heavy (non-hydrogen) atoms. The van der Waals surface area contributed by atoms with E-state index >= 15 is 0 Å². The molecular weight excluding hydrogens is 198 g/mol. The van der Waals surface area contributed by atoms with Crippen LogP contribution < -0.4 is 0 Å². The zero-order valence-corrected chi connectivity index (χ0v) is 9.06. The van der Waals surface area contributed by atoms with Crippen molar-refractivity contribution < 1.29 is 19.8 Å². The van der Waals surface area contributed by atoms with E-state index in [4.69, 9.17) is 10.2 Å². The molecule has 0 aromatic rings. The first kappa shape index (κ1) is 13.6. The smallest absolute Gasteiger partial charge is 0.317 e. The van der Waals surface area contributed by atoms with Gasteiger partial charge in [0.1, 0.15) is 0 Å². The molecule has 5 nitrogen and oxygen atoms in total. The molecule has 0 aromatic heterocycles. The summed E-state index contributed by atoms with van der Waals surface area (Å²) in [7, 11) is 0. The summed E-state index contributed by atoms with van der Waals surface area (Å²) >= 11 is 0. The second-order valence-corrected chi connectivity index (χ2v) is 3.76. The topological polar surface area (TPSA) is 77.8 Å². The van der Waals surface area contributed by atoms with Gasteiger partial charge in [0, 0.05) is 13.1 Å². The van der Waals surface area contributed by atoms with Crippen molar-refractivity contribution in [3.63, 3.8) is 0 Å². The van der Waals surface area contributed by atoms with Crippen LogP contribution in [0.25, 0.3) is 0 Å². The normalized spacial score (nSPS) is 12.5. The van der Waals surface area contributed by atoms with Gasteiger partial charge in [0.2, 0.25) is 0 Å². The molecule has 0 fully saturated rings. The fraction of sp³-hybridized carbons (Fsp3) is 0.600. The summed E-state index contributed by atoms with van der Waals surface area (Å²) in [4.78, 5) is 22.7. The van der Waals surface area contributed by atoms with Crippen LogP contribution >= 0.6 is 0 Å². The minimum absolute atomic E-state index is 0.162. The van der Waals surface area contributed by atoms with Gasteiger partial charge in [0.05, 0.1) is 12.5 Å². The maximum absolute atomic E-state index is 10.6. The Balaban J connectivity index is 4.29. The Morgan fingerprint density at radius 2 is 1.87 bits per heavy atom. The molecule has 1 unspecified atom stereocenters. The van der Waals surface area contributed by atoms with E-state index in [1.807, 2.05) is 0 Å². The van der Waals surface area contributed by atoms with Gasteiger partial charge in [-0.05, 0) is 6.92 Å². The van der Waals surface area contributed by atoms with Crippen LogP contribution in [0.15, 0.2) is 12.2 Å². The minimum atomic E-state index is -0.964. The van der Waals surface area contributed by atoms with Crippen LogP contribution in [0, 0.1) is 5.92 Å². The van der Waals surface area contributed by atoms with E-state index in [1.165, 1.54) is 0 Å². The first-order chi connectivity index (χ1) is 6.82. The van der Waals surface area contributed by atoms with E-state index in [1.54, 1.807) is 18.7 Å². The summed E-state index contributed by atoms with van der Waals surface area (Å²) in [5, 5.41) is 17.3. The van der Waals surface area contributed by atoms with Gasteiger partial charge in [-0.25, -0.2) is 0 Å². The molecule has 0 bridgehead atoms. The van der Waals surface area contributed by atoms with Crippen LogP contribution in [0.2, 0.25) is 0 Å².